The molecule has 166 valence electrons. The molecular weight excluding hydrogens is 386 g/mol. The molecule has 8 heteroatoms. The van der Waals surface area contributed by atoms with Crippen LogP contribution in [0.5, 0.6) is 0 Å². The summed E-state index contributed by atoms with van der Waals surface area (Å²) in [5, 5.41) is 5.56. The van der Waals surface area contributed by atoms with Gasteiger partial charge in [0, 0.05) is 6.54 Å². The summed E-state index contributed by atoms with van der Waals surface area (Å²) in [5.41, 5.74) is 0.344. The Bertz CT molecular complexity index is 730. The minimum atomic E-state index is -0.636. The Hall–Kier alpha value is -2.61. The van der Waals surface area contributed by atoms with Crippen molar-refractivity contribution >= 4 is 18.0 Å². The number of benzene rings is 1. The lowest BCUT2D eigenvalue weighted by atomic mass is 10.0. The number of β-lactam (4-membered cyclic amide) rings is 1. The molecule has 0 radical (unpaired) electrons. The van der Waals surface area contributed by atoms with E-state index in [0.29, 0.717) is 18.9 Å². The average molecular weight is 420 g/mol. The minimum absolute atomic E-state index is 0.138. The number of nitrogens with zero attached hydrogens (tertiary/aromatic N) is 1. The van der Waals surface area contributed by atoms with E-state index < -0.39 is 24.0 Å². The van der Waals surface area contributed by atoms with Crippen LogP contribution >= 0.6 is 0 Å². The molecule has 1 aliphatic heterocycles. The third-order valence-electron chi connectivity index (χ3n) is 4.38. The Kier molecular flexibility index (Phi) is 8.23. The zero-order valence-electron chi connectivity index (χ0n) is 18.4. The molecule has 0 aliphatic carbocycles. The van der Waals surface area contributed by atoms with Crippen LogP contribution in [0.1, 0.15) is 53.0 Å². The van der Waals surface area contributed by atoms with Crippen LogP contribution in [0, 0.1) is 5.92 Å². The maximum absolute atomic E-state index is 12.4. The molecule has 0 spiro atoms. The van der Waals surface area contributed by atoms with Crippen molar-refractivity contribution in [3.8, 4) is 0 Å². The van der Waals surface area contributed by atoms with Gasteiger partial charge in [0.25, 0.3) is 0 Å². The average Bonchev–Trinajstić information content (AvgIpc) is 2.61. The number of carbonyl (C=O) groups is 3. The second-order valence-corrected chi connectivity index (χ2v) is 8.87. The van der Waals surface area contributed by atoms with E-state index in [9.17, 15) is 14.4 Å². The number of hydrogen-bond acceptors (Lipinski definition) is 5. The molecular formula is C22H33N3O5. The van der Waals surface area contributed by atoms with Gasteiger partial charge in [-0.15, -0.1) is 0 Å². The smallest absolute Gasteiger partial charge is 0.407 e. The lowest BCUT2D eigenvalue weighted by Gasteiger charge is -2.38. The number of rotatable bonds is 8. The molecule has 0 aromatic heterocycles. The first-order valence-corrected chi connectivity index (χ1v) is 10.3. The molecule has 1 heterocycles. The van der Waals surface area contributed by atoms with Gasteiger partial charge >= 0.3 is 12.1 Å². The molecule has 2 rings (SSSR count). The predicted octanol–water partition coefficient (Wildman–Crippen LogP) is 3.41. The SMILES string of the molecule is CC(C)CC(COC1CC(=O)N1C(=O)NCc1ccccc1)NC(=O)OC(C)(C)C. The number of amides is 4. The van der Waals surface area contributed by atoms with Gasteiger partial charge in [0.1, 0.15) is 11.8 Å². The molecule has 0 bridgehead atoms. The van der Waals surface area contributed by atoms with E-state index in [1.807, 2.05) is 44.2 Å². The number of hydrogen-bond donors (Lipinski definition) is 2. The highest BCUT2D eigenvalue weighted by atomic mass is 16.6. The first-order valence-electron chi connectivity index (χ1n) is 10.3. The van der Waals surface area contributed by atoms with Gasteiger partial charge in [-0.2, -0.15) is 0 Å². The lowest BCUT2D eigenvalue weighted by molar-refractivity contribution is -0.165. The first kappa shape index (κ1) is 23.7. The number of urea groups is 1. The van der Waals surface area contributed by atoms with Gasteiger partial charge in [-0.05, 0) is 38.7 Å². The van der Waals surface area contributed by atoms with Crippen LogP contribution in [-0.4, -0.2) is 47.4 Å². The van der Waals surface area contributed by atoms with Gasteiger partial charge in [-0.1, -0.05) is 44.2 Å². The van der Waals surface area contributed by atoms with E-state index in [-0.39, 0.29) is 25.0 Å². The van der Waals surface area contributed by atoms with Crippen molar-refractivity contribution in [2.45, 2.75) is 71.9 Å². The maximum atomic E-state index is 12.4. The quantitative estimate of drug-likeness (QED) is 0.630. The van der Waals surface area contributed by atoms with Crippen LogP contribution in [0.2, 0.25) is 0 Å². The summed E-state index contributed by atoms with van der Waals surface area (Å²) in [4.78, 5) is 37.5. The first-order chi connectivity index (χ1) is 14.0. The minimum Gasteiger partial charge on any atom is -0.444 e. The van der Waals surface area contributed by atoms with Crippen molar-refractivity contribution in [3.63, 3.8) is 0 Å². The zero-order valence-corrected chi connectivity index (χ0v) is 18.4. The van der Waals surface area contributed by atoms with E-state index in [2.05, 4.69) is 10.6 Å². The molecule has 30 heavy (non-hydrogen) atoms. The monoisotopic (exact) mass is 419 g/mol. The second kappa shape index (κ2) is 10.4. The molecule has 2 N–H and O–H groups in total. The highest BCUT2D eigenvalue weighted by Gasteiger charge is 2.42. The third-order valence-corrected chi connectivity index (χ3v) is 4.38. The van der Waals surface area contributed by atoms with Crippen LogP contribution in [0.4, 0.5) is 9.59 Å². The number of carbonyl (C=O) groups excluding carboxylic acids is 3. The number of alkyl carbamates (subject to hydrolysis) is 1. The summed E-state index contributed by atoms with van der Waals surface area (Å²) in [5.74, 6) is 0.0351. The molecule has 8 nitrogen and oxygen atoms in total. The second-order valence-electron chi connectivity index (χ2n) is 8.87. The van der Waals surface area contributed by atoms with Gasteiger partial charge in [-0.25, -0.2) is 14.5 Å². The van der Waals surface area contributed by atoms with Crippen LogP contribution in [0.15, 0.2) is 30.3 Å². The van der Waals surface area contributed by atoms with Crippen molar-refractivity contribution in [1.29, 1.82) is 0 Å². The highest BCUT2D eigenvalue weighted by molar-refractivity contribution is 5.99. The lowest BCUT2D eigenvalue weighted by Crippen LogP contribution is -2.60. The molecule has 1 aliphatic rings. The standard InChI is InChI=1S/C22H33N3O5/c1-15(2)11-17(24-21(28)30-22(3,4)5)14-29-19-12-18(26)25(19)20(27)23-13-16-9-7-6-8-10-16/h6-10,15,17,19H,11-14H2,1-5H3,(H,23,27)(H,24,28). The van der Waals surface area contributed by atoms with E-state index in [1.165, 1.54) is 0 Å². The number of nitrogens with one attached hydrogen (secondary N) is 2. The molecule has 2 unspecified atom stereocenters. The largest absolute Gasteiger partial charge is 0.444 e. The van der Waals surface area contributed by atoms with Crippen LogP contribution in [-0.2, 0) is 20.8 Å². The van der Waals surface area contributed by atoms with Gasteiger partial charge < -0.3 is 20.1 Å². The van der Waals surface area contributed by atoms with Crippen molar-refractivity contribution in [2.75, 3.05) is 6.61 Å². The fraction of sp³-hybridized carbons (Fsp3) is 0.591. The van der Waals surface area contributed by atoms with Crippen molar-refractivity contribution < 1.29 is 23.9 Å². The van der Waals surface area contributed by atoms with Gasteiger partial charge in [0.05, 0.1) is 19.1 Å². The summed E-state index contributed by atoms with van der Waals surface area (Å²) >= 11 is 0. The van der Waals surface area contributed by atoms with Gasteiger partial charge in [0.2, 0.25) is 5.91 Å². The Morgan fingerprint density at radius 1 is 1.20 bits per heavy atom. The van der Waals surface area contributed by atoms with E-state index in [0.717, 1.165) is 10.5 Å². The summed E-state index contributed by atoms with van der Waals surface area (Å²) in [6.45, 7) is 9.98. The fourth-order valence-corrected chi connectivity index (χ4v) is 3.06. The predicted molar refractivity (Wildman–Crippen MR) is 112 cm³/mol. The van der Waals surface area contributed by atoms with Crippen molar-refractivity contribution in [3.05, 3.63) is 35.9 Å². The molecule has 1 saturated heterocycles. The third kappa shape index (κ3) is 7.67. The topological polar surface area (TPSA) is 97.0 Å². The maximum Gasteiger partial charge on any atom is 0.407 e. The Balaban J connectivity index is 1.86. The van der Waals surface area contributed by atoms with Gasteiger partial charge in [0.15, 0.2) is 0 Å². The number of ether oxygens (including phenoxy) is 2. The van der Waals surface area contributed by atoms with Crippen LogP contribution in [0.3, 0.4) is 0 Å². The van der Waals surface area contributed by atoms with Crippen molar-refractivity contribution in [2.24, 2.45) is 5.92 Å². The van der Waals surface area contributed by atoms with E-state index >= 15 is 0 Å². The Morgan fingerprint density at radius 2 is 1.87 bits per heavy atom. The van der Waals surface area contributed by atoms with E-state index in [4.69, 9.17) is 9.47 Å². The summed E-state index contributed by atoms with van der Waals surface area (Å²) < 4.78 is 11.1. The molecule has 1 fully saturated rings. The molecule has 1 aromatic rings. The Labute approximate surface area is 178 Å². The van der Waals surface area contributed by atoms with Crippen molar-refractivity contribution in [1.82, 2.24) is 15.5 Å². The number of imide groups is 1. The van der Waals surface area contributed by atoms with Crippen LogP contribution in [0.25, 0.3) is 0 Å². The molecule has 4 amide bonds. The normalized spacial score (nSPS) is 17.3. The van der Waals surface area contributed by atoms with E-state index in [1.54, 1.807) is 20.8 Å². The highest BCUT2D eigenvalue weighted by Crippen LogP contribution is 2.21. The Morgan fingerprint density at radius 3 is 2.43 bits per heavy atom. The summed E-state index contributed by atoms with van der Waals surface area (Å²) in [6.07, 6.45) is -0.332. The summed E-state index contributed by atoms with van der Waals surface area (Å²) in [7, 11) is 0. The number of likely N-dealkylation sites (tertiary alicyclic amines) is 1. The zero-order chi connectivity index (χ0) is 22.3. The molecule has 1 aromatic carbocycles. The molecule has 0 saturated carbocycles. The molecule has 2 atom stereocenters. The van der Waals surface area contributed by atoms with Crippen LogP contribution < -0.4 is 10.6 Å². The van der Waals surface area contributed by atoms with Gasteiger partial charge in [-0.3, -0.25) is 4.79 Å². The fourth-order valence-electron chi connectivity index (χ4n) is 3.06. The summed E-state index contributed by atoms with van der Waals surface area (Å²) in [6, 6.07) is 8.68.